The predicted molar refractivity (Wildman–Crippen MR) is 63.9 cm³/mol. The normalized spacial score (nSPS) is 12.0. The molecule has 17 heavy (non-hydrogen) atoms. The van der Waals surface area contributed by atoms with Gasteiger partial charge in [-0.05, 0) is 25.5 Å². The summed E-state index contributed by atoms with van der Waals surface area (Å²) in [6.07, 6.45) is -0.396. The summed E-state index contributed by atoms with van der Waals surface area (Å²) in [6.45, 7) is 3.87. The van der Waals surface area contributed by atoms with Gasteiger partial charge in [-0.1, -0.05) is 12.1 Å². The fourth-order valence-corrected chi connectivity index (χ4v) is 1.46. The molecular formula is C13H18O4. The zero-order valence-electron chi connectivity index (χ0n) is 10.4. The van der Waals surface area contributed by atoms with Crippen LogP contribution in [0.1, 0.15) is 30.6 Å². The van der Waals surface area contributed by atoms with E-state index in [1.165, 1.54) is 7.11 Å². The van der Waals surface area contributed by atoms with E-state index in [1.54, 1.807) is 6.92 Å². The van der Waals surface area contributed by atoms with Crippen LogP contribution in [-0.4, -0.2) is 24.8 Å². The van der Waals surface area contributed by atoms with Crippen LogP contribution in [0.2, 0.25) is 0 Å². The van der Waals surface area contributed by atoms with Gasteiger partial charge in [-0.3, -0.25) is 4.79 Å². The van der Waals surface area contributed by atoms with Crippen LogP contribution >= 0.6 is 0 Å². The molecule has 0 aliphatic rings. The monoisotopic (exact) mass is 238 g/mol. The number of rotatable bonds is 5. The van der Waals surface area contributed by atoms with E-state index in [0.717, 1.165) is 11.1 Å². The van der Waals surface area contributed by atoms with Gasteiger partial charge in [0, 0.05) is 5.56 Å². The summed E-state index contributed by atoms with van der Waals surface area (Å²) in [5, 5.41) is 9.58. The minimum Gasteiger partial charge on any atom is -0.493 e. The second-order valence-corrected chi connectivity index (χ2v) is 3.89. The molecular weight excluding hydrogens is 220 g/mol. The Morgan fingerprint density at radius 1 is 1.47 bits per heavy atom. The summed E-state index contributed by atoms with van der Waals surface area (Å²) >= 11 is 0. The van der Waals surface area contributed by atoms with E-state index in [4.69, 9.17) is 4.74 Å². The molecule has 0 fully saturated rings. The van der Waals surface area contributed by atoms with Crippen LogP contribution in [0.25, 0.3) is 0 Å². The van der Waals surface area contributed by atoms with Crippen LogP contribution in [0.4, 0.5) is 0 Å². The lowest BCUT2D eigenvalue weighted by Gasteiger charge is -2.13. The number of aryl methyl sites for hydroxylation is 1. The second kappa shape index (κ2) is 6.25. The first-order valence-electron chi connectivity index (χ1n) is 5.53. The number of methoxy groups -OCH3 is 1. The standard InChI is InChI=1S/C13H18O4/c1-9-4-5-11(10(2)14)12(8-9)17-7-6-13(15)16-3/h4-5,8,10,14H,6-7H2,1-3H3/t10-/m1/s1. The van der Waals surface area contributed by atoms with Gasteiger partial charge in [0.15, 0.2) is 0 Å². The Hall–Kier alpha value is -1.55. The molecule has 0 heterocycles. The van der Waals surface area contributed by atoms with Crippen molar-refractivity contribution in [3.63, 3.8) is 0 Å². The van der Waals surface area contributed by atoms with Gasteiger partial charge >= 0.3 is 5.97 Å². The number of benzene rings is 1. The largest absolute Gasteiger partial charge is 0.493 e. The third-order valence-electron chi connectivity index (χ3n) is 2.41. The molecule has 0 amide bonds. The SMILES string of the molecule is COC(=O)CCOc1cc(C)ccc1[C@@H](C)O. The predicted octanol–water partition coefficient (Wildman–Crippen LogP) is 1.99. The molecule has 4 nitrogen and oxygen atoms in total. The first-order chi connectivity index (χ1) is 8.04. The lowest BCUT2D eigenvalue weighted by atomic mass is 10.1. The number of hydrogen-bond donors (Lipinski definition) is 1. The van der Waals surface area contributed by atoms with E-state index in [-0.39, 0.29) is 19.0 Å². The lowest BCUT2D eigenvalue weighted by molar-refractivity contribution is -0.141. The van der Waals surface area contributed by atoms with E-state index >= 15 is 0 Å². The van der Waals surface area contributed by atoms with E-state index in [2.05, 4.69) is 4.74 Å². The Kier molecular flexibility index (Phi) is 4.97. The third kappa shape index (κ3) is 4.07. The van der Waals surface area contributed by atoms with E-state index < -0.39 is 6.10 Å². The van der Waals surface area contributed by atoms with E-state index in [0.29, 0.717) is 5.75 Å². The number of esters is 1. The Morgan fingerprint density at radius 2 is 2.18 bits per heavy atom. The fourth-order valence-electron chi connectivity index (χ4n) is 1.46. The lowest BCUT2D eigenvalue weighted by Crippen LogP contribution is -2.09. The van der Waals surface area contributed by atoms with Crippen LogP contribution in [0.3, 0.4) is 0 Å². The van der Waals surface area contributed by atoms with Crippen molar-refractivity contribution in [2.45, 2.75) is 26.4 Å². The van der Waals surface area contributed by atoms with E-state index in [1.807, 2.05) is 25.1 Å². The number of carbonyl (C=O) groups is 1. The first kappa shape index (κ1) is 13.5. The number of aliphatic hydroxyl groups excluding tert-OH is 1. The van der Waals surface area contributed by atoms with Gasteiger partial charge in [-0.25, -0.2) is 0 Å². The second-order valence-electron chi connectivity index (χ2n) is 3.89. The molecule has 0 radical (unpaired) electrons. The number of aliphatic hydroxyl groups is 1. The summed E-state index contributed by atoms with van der Waals surface area (Å²) in [7, 11) is 1.34. The third-order valence-corrected chi connectivity index (χ3v) is 2.41. The van der Waals surface area contributed by atoms with Crippen molar-refractivity contribution in [2.24, 2.45) is 0 Å². The fraction of sp³-hybridized carbons (Fsp3) is 0.462. The average molecular weight is 238 g/mol. The van der Waals surface area contributed by atoms with Crippen LogP contribution in [-0.2, 0) is 9.53 Å². The Morgan fingerprint density at radius 3 is 2.76 bits per heavy atom. The molecule has 0 aliphatic heterocycles. The summed E-state index contributed by atoms with van der Waals surface area (Å²) < 4.78 is 10.0. The highest BCUT2D eigenvalue weighted by Crippen LogP contribution is 2.26. The Bertz CT molecular complexity index is 385. The van der Waals surface area contributed by atoms with Crippen molar-refractivity contribution in [3.8, 4) is 5.75 Å². The molecule has 1 aromatic carbocycles. The highest BCUT2D eigenvalue weighted by molar-refractivity contribution is 5.69. The van der Waals surface area contributed by atoms with Gasteiger partial charge in [0.2, 0.25) is 0 Å². The van der Waals surface area contributed by atoms with Gasteiger partial charge in [-0.2, -0.15) is 0 Å². The van der Waals surface area contributed by atoms with Crippen molar-refractivity contribution in [3.05, 3.63) is 29.3 Å². The quantitative estimate of drug-likeness (QED) is 0.797. The number of ether oxygens (including phenoxy) is 2. The molecule has 1 atom stereocenters. The molecule has 1 N–H and O–H groups in total. The van der Waals surface area contributed by atoms with Crippen molar-refractivity contribution in [2.75, 3.05) is 13.7 Å². The number of carbonyl (C=O) groups excluding carboxylic acids is 1. The van der Waals surface area contributed by atoms with E-state index in [9.17, 15) is 9.90 Å². The molecule has 0 aromatic heterocycles. The summed E-state index contributed by atoms with van der Waals surface area (Å²) in [4.78, 5) is 10.9. The van der Waals surface area contributed by atoms with Crippen molar-refractivity contribution >= 4 is 5.97 Å². The minimum atomic E-state index is -0.594. The highest BCUT2D eigenvalue weighted by Gasteiger charge is 2.10. The molecule has 0 saturated carbocycles. The van der Waals surface area contributed by atoms with Crippen LogP contribution in [0, 0.1) is 6.92 Å². The zero-order valence-corrected chi connectivity index (χ0v) is 10.4. The molecule has 0 spiro atoms. The van der Waals surface area contributed by atoms with Gasteiger partial charge in [0.25, 0.3) is 0 Å². The van der Waals surface area contributed by atoms with Crippen molar-refractivity contribution < 1.29 is 19.4 Å². The zero-order chi connectivity index (χ0) is 12.8. The smallest absolute Gasteiger partial charge is 0.308 e. The van der Waals surface area contributed by atoms with Crippen molar-refractivity contribution in [1.82, 2.24) is 0 Å². The molecule has 0 unspecified atom stereocenters. The molecule has 1 aromatic rings. The molecule has 4 heteroatoms. The summed E-state index contributed by atoms with van der Waals surface area (Å²) in [5.41, 5.74) is 1.77. The topological polar surface area (TPSA) is 55.8 Å². The molecule has 0 aliphatic carbocycles. The maximum absolute atomic E-state index is 10.9. The Balaban J connectivity index is 2.68. The maximum Gasteiger partial charge on any atom is 0.308 e. The summed E-state index contributed by atoms with van der Waals surface area (Å²) in [6, 6.07) is 5.59. The molecule has 94 valence electrons. The first-order valence-corrected chi connectivity index (χ1v) is 5.53. The molecule has 0 saturated heterocycles. The van der Waals surface area contributed by atoms with Gasteiger partial charge in [-0.15, -0.1) is 0 Å². The van der Waals surface area contributed by atoms with Gasteiger partial charge < -0.3 is 14.6 Å². The molecule has 1 rings (SSSR count). The van der Waals surface area contributed by atoms with Crippen LogP contribution in [0.5, 0.6) is 5.75 Å². The maximum atomic E-state index is 10.9. The molecule has 0 bridgehead atoms. The summed E-state index contributed by atoms with van der Waals surface area (Å²) in [5.74, 6) is 0.306. The van der Waals surface area contributed by atoms with Crippen LogP contribution < -0.4 is 4.74 Å². The minimum absolute atomic E-state index is 0.198. The number of hydrogen-bond acceptors (Lipinski definition) is 4. The van der Waals surface area contributed by atoms with Gasteiger partial charge in [0.1, 0.15) is 5.75 Å². The Labute approximate surface area is 101 Å². The van der Waals surface area contributed by atoms with Crippen molar-refractivity contribution in [1.29, 1.82) is 0 Å². The average Bonchev–Trinajstić information content (AvgIpc) is 2.28. The highest BCUT2D eigenvalue weighted by atomic mass is 16.5. The van der Waals surface area contributed by atoms with Crippen LogP contribution in [0.15, 0.2) is 18.2 Å². The van der Waals surface area contributed by atoms with Gasteiger partial charge in [0.05, 0.1) is 26.2 Å².